The van der Waals surface area contributed by atoms with Gasteiger partial charge >= 0.3 is 5.97 Å². The Bertz CT molecular complexity index is 709. The summed E-state index contributed by atoms with van der Waals surface area (Å²) in [4.78, 5) is 10.8. The van der Waals surface area contributed by atoms with Crippen molar-refractivity contribution in [3.8, 4) is 0 Å². The molecule has 2 atom stereocenters. The second-order valence-electron chi connectivity index (χ2n) is 8.38. The minimum absolute atomic E-state index is 0.295. The summed E-state index contributed by atoms with van der Waals surface area (Å²) in [5.74, 6) is 3.36. The summed E-state index contributed by atoms with van der Waals surface area (Å²) in [5.41, 5.74) is 6.11. The van der Waals surface area contributed by atoms with Crippen molar-refractivity contribution in [3.63, 3.8) is 0 Å². The van der Waals surface area contributed by atoms with Gasteiger partial charge in [0, 0.05) is 23.2 Å². The second-order valence-corrected chi connectivity index (χ2v) is 10.8. The topological polar surface area (TPSA) is 37.3 Å². The molecule has 2 nitrogen and oxygen atoms in total. The maximum atomic E-state index is 10.8. The first-order valence-electron chi connectivity index (χ1n) is 11.3. The molecule has 0 aromatic heterocycles. The summed E-state index contributed by atoms with van der Waals surface area (Å²) < 4.78 is 0. The van der Waals surface area contributed by atoms with Crippen molar-refractivity contribution in [2.45, 2.75) is 76.7 Å². The zero-order valence-electron chi connectivity index (χ0n) is 18.9. The molecule has 0 saturated heterocycles. The lowest BCUT2D eigenvalue weighted by Gasteiger charge is -2.23. The van der Waals surface area contributed by atoms with Crippen molar-refractivity contribution >= 4 is 29.5 Å². The number of thioether (sulfide) groups is 2. The normalized spacial score (nSPS) is 17.7. The molecule has 0 saturated carbocycles. The zero-order valence-corrected chi connectivity index (χ0v) is 20.5. The molecular weight excluding hydrogens is 408 g/mol. The summed E-state index contributed by atoms with van der Waals surface area (Å²) in [5, 5.41) is 9.49. The van der Waals surface area contributed by atoms with Gasteiger partial charge in [0.25, 0.3) is 0 Å². The Balaban J connectivity index is 1.81. The summed E-state index contributed by atoms with van der Waals surface area (Å²) in [6.07, 6.45) is 9.25. The molecule has 2 rings (SSSR count). The molecule has 1 aromatic carbocycles. The van der Waals surface area contributed by atoms with Crippen molar-refractivity contribution in [1.29, 1.82) is 0 Å². The van der Waals surface area contributed by atoms with Crippen LogP contribution in [0.15, 0.2) is 53.1 Å². The fourth-order valence-electron chi connectivity index (χ4n) is 3.84. The van der Waals surface area contributed by atoms with E-state index in [1.807, 2.05) is 11.8 Å². The quantitative estimate of drug-likeness (QED) is 0.296. The smallest absolute Gasteiger partial charge is 0.303 e. The summed E-state index contributed by atoms with van der Waals surface area (Å²) in [7, 11) is 0. The number of aliphatic carboxylic acids is 1. The standard InChI is InChI=1S/C26H38O2S2/c1-4-23-16-20(2)21(3)17-24(23)19-29-15-14-25(12-8-9-13-26(27)28)30-18-22-10-6-5-7-11-22/h5-7,10-11,17,20,25H,4,8-9,12-16,18-19H2,1-3H3,(H,27,28). The number of carboxylic acid groups (broad SMARTS) is 1. The predicted octanol–water partition coefficient (Wildman–Crippen LogP) is 7.75. The van der Waals surface area contributed by atoms with Gasteiger partial charge < -0.3 is 5.11 Å². The van der Waals surface area contributed by atoms with Crippen LogP contribution >= 0.6 is 23.5 Å². The molecule has 0 aliphatic heterocycles. The van der Waals surface area contributed by atoms with E-state index in [1.165, 1.54) is 36.2 Å². The second kappa shape index (κ2) is 14.0. The van der Waals surface area contributed by atoms with Crippen molar-refractivity contribution in [2.24, 2.45) is 5.92 Å². The number of unbranched alkanes of at least 4 members (excludes halogenated alkanes) is 1. The van der Waals surface area contributed by atoms with Gasteiger partial charge in [0.1, 0.15) is 0 Å². The molecule has 0 radical (unpaired) electrons. The Morgan fingerprint density at radius 1 is 1.17 bits per heavy atom. The van der Waals surface area contributed by atoms with Crippen LogP contribution < -0.4 is 0 Å². The van der Waals surface area contributed by atoms with E-state index < -0.39 is 5.97 Å². The van der Waals surface area contributed by atoms with Gasteiger partial charge in [-0.15, -0.1) is 0 Å². The number of carboxylic acids is 1. The van der Waals surface area contributed by atoms with Crippen LogP contribution in [0.1, 0.15) is 71.3 Å². The van der Waals surface area contributed by atoms with Gasteiger partial charge in [-0.2, -0.15) is 23.5 Å². The molecule has 1 aliphatic rings. The third kappa shape index (κ3) is 9.34. The SMILES string of the molecule is CCC1=C(CSCCC(CCCCC(=O)O)SCc2ccccc2)C=C(C)C(C)C1. The summed E-state index contributed by atoms with van der Waals surface area (Å²) in [6.45, 7) is 6.90. The minimum atomic E-state index is -0.677. The van der Waals surface area contributed by atoms with E-state index in [1.54, 1.807) is 11.1 Å². The third-order valence-electron chi connectivity index (χ3n) is 5.95. The molecule has 0 fully saturated rings. The van der Waals surface area contributed by atoms with Crippen molar-refractivity contribution in [1.82, 2.24) is 0 Å². The maximum Gasteiger partial charge on any atom is 0.303 e. The largest absolute Gasteiger partial charge is 0.481 e. The van der Waals surface area contributed by atoms with Crippen molar-refractivity contribution < 1.29 is 9.90 Å². The van der Waals surface area contributed by atoms with Gasteiger partial charge in [-0.3, -0.25) is 4.79 Å². The van der Waals surface area contributed by atoms with Crippen LogP contribution in [0.4, 0.5) is 0 Å². The van der Waals surface area contributed by atoms with E-state index in [-0.39, 0.29) is 0 Å². The lowest BCUT2D eigenvalue weighted by molar-refractivity contribution is -0.137. The monoisotopic (exact) mass is 446 g/mol. The average Bonchev–Trinajstić information content (AvgIpc) is 2.74. The predicted molar refractivity (Wildman–Crippen MR) is 134 cm³/mol. The number of hydrogen-bond donors (Lipinski definition) is 1. The Hall–Kier alpha value is -1.13. The molecule has 0 spiro atoms. The van der Waals surface area contributed by atoms with Crippen LogP contribution in [0.25, 0.3) is 0 Å². The number of carbonyl (C=O) groups is 1. The van der Waals surface area contributed by atoms with Crippen LogP contribution in [-0.4, -0.2) is 27.8 Å². The molecule has 0 heterocycles. The van der Waals surface area contributed by atoms with Crippen molar-refractivity contribution in [2.75, 3.05) is 11.5 Å². The van der Waals surface area contributed by atoms with Crippen LogP contribution in [0, 0.1) is 5.92 Å². The molecule has 1 N–H and O–H groups in total. The molecule has 0 amide bonds. The van der Waals surface area contributed by atoms with Crippen LogP contribution in [0.5, 0.6) is 0 Å². The molecule has 0 bridgehead atoms. The van der Waals surface area contributed by atoms with Crippen LogP contribution in [0.3, 0.4) is 0 Å². The molecule has 1 aromatic rings. The highest BCUT2D eigenvalue weighted by Crippen LogP contribution is 2.33. The van der Waals surface area contributed by atoms with Gasteiger partial charge in [-0.25, -0.2) is 0 Å². The number of allylic oxidation sites excluding steroid dienone is 3. The summed E-state index contributed by atoms with van der Waals surface area (Å²) in [6, 6.07) is 10.7. The van der Waals surface area contributed by atoms with Crippen LogP contribution in [-0.2, 0) is 10.5 Å². The summed E-state index contributed by atoms with van der Waals surface area (Å²) >= 11 is 4.11. The van der Waals surface area contributed by atoms with E-state index in [0.29, 0.717) is 17.6 Å². The van der Waals surface area contributed by atoms with Gasteiger partial charge in [-0.05, 0) is 61.8 Å². The average molecular weight is 447 g/mol. The minimum Gasteiger partial charge on any atom is -0.481 e. The molecule has 30 heavy (non-hydrogen) atoms. The Morgan fingerprint density at radius 2 is 1.93 bits per heavy atom. The van der Waals surface area contributed by atoms with E-state index in [2.05, 4.69) is 68.9 Å². The molecule has 1 aliphatic carbocycles. The molecule has 2 unspecified atom stereocenters. The van der Waals surface area contributed by atoms with E-state index in [0.717, 1.165) is 30.8 Å². The lowest BCUT2D eigenvalue weighted by Crippen LogP contribution is -2.09. The van der Waals surface area contributed by atoms with Crippen molar-refractivity contribution in [3.05, 3.63) is 58.7 Å². The first kappa shape index (κ1) is 25.1. The molecule has 166 valence electrons. The highest BCUT2D eigenvalue weighted by Gasteiger charge is 2.16. The van der Waals surface area contributed by atoms with E-state index in [4.69, 9.17) is 5.11 Å². The zero-order chi connectivity index (χ0) is 21.8. The molecule has 4 heteroatoms. The lowest BCUT2D eigenvalue weighted by atomic mass is 9.85. The van der Waals surface area contributed by atoms with Gasteiger partial charge in [0.05, 0.1) is 0 Å². The highest BCUT2D eigenvalue weighted by molar-refractivity contribution is 8.00. The first-order valence-corrected chi connectivity index (χ1v) is 13.5. The Kier molecular flexibility index (Phi) is 11.8. The van der Waals surface area contributed by atoms with E-state index >= 15 is 0 Å². The highest BCUT2D eigenvalue weighted by atomic mass is 32.2. The maximum absolute atomic E-state index is 10.8. The first-order chi connectivity index (χ1) is 14.5. The molecular formula is C26H38O2S2. The third-order valence-corrected chi connectivity index (χ3v) is 8.43. The number of hydrogen-bond acceptors (Lipinski definition) is 3. The number of rotatable bonds is 14. The number of benzene rings is 1. The fraction of sp³-hybridized carbons (Fsp3) is 0.577. The van der Waals surface area contributed by atoms with Gasteiger partial charge in [0.2, 0.25) is 0 Å². The Labute approximate surface area is 192 Å². The van der Waals surface area contributed by atoms with Crippen LogP contribution in [0.2, 0.25) is 0 Å². The van der Waals surface area contributed by atoms with Gasteiger partial charge in [0.15, 0.2) is 0 Å². The Morgan fingerprint density at radius 3 is 2.63 bits per heavy atom. The van der Waals surface area contributed by atoms with E-state index in [9.17, 15) is 4.79 Å². The van der Waals surface area contributed by atoms with Gasteiger partial charge in [-0.1, -0.05) is 67.8 Å². The fourth-order valence-corrected chi connectivity index (χ4v) is 6.33.